The van der Waals surface area contributed by atoms with E-state index in [1.165, 1.54) is 22.3 Å². The molecular weight excluding hydrogens is 360 g/mol. The maximum atomic E-state index is 12.1. The molecule has 0 spiro atoms. The molecule has 6 nitrogen and oxygen atoms in total. The normalized spacial score (nSPS) is 12.4. The quantitative estimate of drug-likeness (QED) is 0.473. The van der Waals surface area contributed by atoms with Crippen molar-refractivity contribution < 1.29 is 28.9 Å². The molecule has 28 heavy (non-hydrogen) atoms. The van der Waals surface area contributed by atoms with Crippen molar-refractivity contribution in [3.63, 3.8) is 0 Å². The fourth-order valence-electron chi connectivity index (χ4n) is 3.39. The van der Waals surface area contributed by atoms with Gasteiger partial charge >= 0.3 is 11.9 Å². The molecule has 0 unspecified atom stereocenters. The van der Waals surface area contributed by atoms with E-state index < -0.39 is 5.97 Å². The van der Waals surface area contributed by atoms with Crippen LogP contribution in [0.25, 0.3) is 11.1 Å². The van der Waals surface area contributed by atoms with Crippen LogP contribution >= 0.6 is 0 Å². The molecule has 0 saturated heterocycles. The van der Waals surface area contributed by atoms with Crippen LogP contribution in [-0.4, -0.2) is 50.1 Å². The van der Waals surface area contributed by atoms with Crippen molar-refractivity contribution in [3.05, 3.63) is 59.7 Å². The standard InChI is InChI=1S/C22H24O6/c23-21(24)15-27-13-12-26-11-5-10-22(25)28-14-20-18-8-3-1-6-16(18)17-7-2-4-9-19(17)20/h1-4,6-9,20H,5,10-15H2,(H,23,24). The van der Waals surface area contributed by atoms with E-state index in [0.29, 0.717) is 26.2 Å². The van der Waals surface area contributed by atoms with Gasteiger partial charge in [-0.1, -0.05) is 48.5 Å². The zero-order valence-electron chi connectivity index (χ0n) is 15.6. The largest absolute Gasteiger partial charge is 0.480 e. The molecule has 6 heteroatoms. The smallest absolute Gasteiger partial charge is 0.329 e. The first-order valence-corrected chi connectivity index (χ1v) is 9.38. The van der Waals surface area contributed by atoms with E-state index in [4.69, 9.17) is 19.3 Å². The number of benzene rings is 2. The second-order valence-electron chi connectivity index (χ2n) is 6.57. The summed E-state index contributed by atoms with van der Waals surface area (Å²) in [4.78, 5) is 22.4. The number of carboxylic acids is 1. The summed E-state index contributed by atoms with van der Waals surface area (Å²) >= 11 is 0. The summed E-state index contributed by atoms with van der Waals surface area (Å²) in [5.41, 5.74) is 4.80. The van der Waals surface area contributed by atoms with Crippen molar-refractivity contribution >= 4 is 11.9 Å². The number of carbonyl (C=O) groups excluding carboxylic acids is 1. The van der Waals surface area contributed by atoms with Gasteiger partial charge in [-0.25, -0.2) is 4.79 Å². The van der Waals surface area contributed by atoms with Crippen LogP contribution in [-0.2, 0) is 23.8 Å². The summed E-state index contributed by atoms with van der Waals surface area (Å²) in [6.07, 6.45) is 0.835. The van der Waals surface area contributed by atoms with Gasteiger partial charge in [-0.15, -0.1) is 0 Å². The van der Waals surface area contributed by atoms with Crippen molar-refractivity contribution in [2.75, 3.05) is 33.0 Å². The summed E-state index contributed by atoms with van der Waals surface area (Å²) in [5.74, 6) is -1.18. The van der Waals surface area contributed by atoms with Crippen molar-refractivity contribution in [3.8, 4) is 11.1 Å². The summed E-state index contributed by atoms with van der Waals surface area (Å²) in [6, 6.07) is 16.5. The van der Waals surface area contributed by atoms with Gasteiger partial charge in [0.2, 0.25) is 0 Å². The Kier molecular flexibility index (Phi) is 7.17. The Morgan fingerprint density at radius 2 is 1.46 bits per heavy atom. The molecule has 0 radical (unpaired) electrons. The van der Waals surface area contributed by atoms with Gasteiger partial charge in [0, 0.05) is 18.9 Å². The second-order valence-corrected chi connectivity index (χ2v) is 6.57. The average molecular weight is 384 g/mol. The predicted octanol–water partition coefficient (Wildman–Crippen LogP) is 3.24. The summed E-state index contributed by atoms with van der Waals surface area (Å²) in [6.45, 7) is 0.926. The Morgan fingerprint density at radius 1 is 0.857 bits per heavy atom. The molecule has 0 aliphatic heterocycles. The van der Waals surface area contributed by atoms with Gasteiger partial charge in [0.05, 0.1) is 13.2 Å². The number of ether oxygens (including phenoxy) is 3. The van der Waals surface area contributed by atoms with Gasteiger partial charge in [-0.3, -0.25) is 4.79 Å². The number of aliphatic carboxylic acids is 1. The highest BCUT2D eigenvalue weighted by molar-refractivity contribution is 5.79. The zero-order chi connectivity index (χ0) is 19.8. The van der Waals surface area contributed by atoms with Gasteiger partial charge in [0.1, 0.15) is 13.2 Å². The average Bonchev–Trinajstić information content (AvgIpc) is 3.02. The van der Waals surface area contributed by atoms with Crippen LogP contribution in [0.4, 0.5) is 0 Å². The zero-order valence-corrected chi connectivity index (χ0v) is 15.6. The van der Waals surface area contributed by atoms with Gasteiger partial charge in [-0.05, 0) is 28.7 Å². The van der Waals surface area contributed by atoms with Crippen molar-refractivity contribution in [2.24, 2.45) is 0 Å². The molecule has 2 aromatic carbocycles. The van der Waals surface area contributed by atoms with Crippen LogP contribution in [0.2, 0.25) is 0 Å². The molecule has 2 aromatic rings. The molecule has 0 aromatic heterocycles. The lowest BCUT2D eigenvalue weighted by Gasteiger charge is -2.14. The first-order valence-electron chi connectivity index (χ1n) is 9.38. The number of esters is 1. The Labute approximate surface area is 164 Å². The number of carboxylic acid groups (broad SMARTS) is 1. The Bertz CT molecular complexity index is 771. The van der Waals surface area contributed by atoms with Crippen molar-refractivity contribution in [2.45, 2.75) is 18.8 Å². The lowest BCUT2D eigenvalue weighted by molar-refractivity contribution is -0.145. The first kappa shape index (κ1) is 20.0. The minimum absolute atomic E-state index is 0.0685. The van der Waals surface area contributed by atoms with Gasteiger partial charge < -0.3 is 19.3 Å². The number of fused-ring (bicyclic) bond motifs is 3. The topological polar surface area (TPSA) is 82.1 Å². The second kappa shape index (κ2) is 10.0. The molecule has 0 saturated carbocycles. The minimum Gasteiger partial charge on any atom is -0.480 e. The first-order chi connectivity index (χ1) is 13.7. The number of hydrogen-bond acceptors (Lipinski definition) is 5. The third kappa shape index (κ3) is 5.18. The molecule has 3 rings (SSSR count). The molecule has 0 amide bonds. The van der Waals surface area contributed by atoms with E-state index in [-0.39, 0.29) is 31.5 Å². The van der Waals surface area contributed by atoms with Gasteiger partial charge in [0.25, 0.3) is 0 Å². The molecule has 0 fully saturated rings. The monoisotopic (exact) mass is 384 g/mol. The number of rotatable bonds is 11. The highest BCUT2D eigenvalue weighted by atomic mass is 16.5. The highest BCUT2D eigenvalue weighted by Crippen LogP contribution is 2.44. The summed E-state index contributed by atoms with van der Waals surface area (Å²) < 4.78 is 15.7. The van der Waals surface area contributed by atoms with Gasteiger partial charge in [0.15, 0.2) is 0 Å². The molecular formula is C22H24O6. The maximum Gasteiger partial charge on any atom is 0.329 e. The van der Waals surface area contributed by atoms with Crippen LogP contribution in [0.3, 0.4) is 0 Å². The molecule has 0 heterocycles. The third-order valence-electron chi connectivity index (χ3n) is 4.64. The highest BCUT2D eigenvalue weighted by Gasteiger charge is 2.28. The van der Waals surface area contributed by atoms with Crippen LogP contribution in [0.15, 0.2) is 48.5 Å². The van der Waals surface area contributed by atoms with Crippen LogP contribution in [0.1, 0.15) is 29.9 Å². The van der Waals surface area contributed by atoms with Gasteiger partial charge in [-0.2, -0.15) is 0 Å². The number of hydrogen-bond donors (Lipinski definition) is 1. The lowest BCUT2D eigenvalue weighted by atomic mass is 9.98. The van der Waals surface area contributed by atoms with Crippen molar-refractivity contribution in [1.82, 2.24) is 0 Å². The number of carbonyl (C=O) groups is 2. The van der Waals surface area contributed by atoms with E-state index in [1.807, 2.05) is 24.3 Å². The fourth-order valence-corrected chi connectivity index (χ4v) is 3.39. The van der Waals surface area contributed by atoms with Crippen molar-refractivity contribution in [1.29, 1.82) is 0 Å². The van der Waals surface area contributed by atoms with Crippen LogP contribution in [0.5, 0.6) is 0 Å². The van der Waals surface area contributed by atoms with Crippen LogP contribution < -0.4 is 0 Å². The Hall–Kier alpha value is -2.70. The summed E-state index contributed by atoms with van der Waals surface area (Å²) in [7, 11) is 0. The Morgan fingerprint density at radius 3 is 2.11 bits per heavy atom. The van der Waals surface area contributed by atoms with E-state index >= 15 is 0 Å². The minimum atomic E-state index is -1.00. The summed E-state index contributed by atoms with van der Waals surface area (Å²) in [5, 5.41) is 8.44. The maximum absolute atomic E-state index is 12.1. The van der Waals surface area contributed by atoms with E-state index in [9.17, 15) is 9.59 Å². The predicted molar refractivity (Wildman–Crippen MR) is 103 cm³/mol. The third-order valence-corrected chi connectivity index (χ3v) is 4.64. The Balaban J connectivity index is 1.39. The van der Waals surface area contributed by atoms with E-state index in [0.717, 1.165) is 0 Å². The fraction of sp³-hybridized carbons (Fsp3) is 0.364. The van der Waals surface area contributed by atoms with E-state index in [2.05, 4.69) is 24.3 Å². The molecule has 0 atom stereocenters. The molecule has 0 bridgehead atoms. The molecule has 1 aliphatic carbocycles. The molecule has 1 aliphatic rings. The van der Waals surface area contributed by atoms with E-state index in [1.54, 1.807) is 0 Å². The lowest BCUT2D eigenvalue weighted by Crippen LogP contribution is -2.14. The van der Waals surface area contributed by atoms with Crippen LogP contribution in [0, 0.1) is 0 Å². The SMILES string of the molecule is O=C(O)COCCOCCCC(=O)OCC1c2ccccc2-c2ccccc21. The molecule has 1 N–H and O–H groups in total. The molecule has 148 valence electrons.